The van der Waals surface area contributed by atoms with Gasteiger partial charge in [0.1, 0.15) is 29.6 Å². The Balaban J connectivity index is 1.65. The topological polar surface area (TPSA) is 177 Å². The normalized spacial score (nSPS) is 21.0. The summed E-state index contributed by atoms with van der Waals surface area (Å²) in [5.41, 5.74) is 1.47. The minimum Gasteiger partial charge on any atom is -0.493 e. The Morgan fingerprint density at radius 1 is 0.978 bits per heavy atom. The number of hydrogen-bond acceptors (Lipinski definition) is 8. The fourth-order valence-corrected chi connectivity index (χ4v) is 5.12. The number of carbonyl (C=O) groups is 4. The predicted molar refractivity (Wildman–Crippen MR) is 170 cm³/mol. The molecule has 4 atom stereocenters. The summed E-state index contributed by atoms with van der Waals surface area (Å²) in [7, 11) is 0. The molecule has 2 aromatic carbocycles. The maximum Gasteiger partial charge on any atom is 0.255 e. The molecule has 0 unspecified atom stereocenters. The van der Waals surface area contributed by atoms with Crippen molar-refractivity contribution in [3.8, 4) is 5.75 Å². The number of nitrogens with one attached hydrogen (secondary N) is 4. The monoisotopic (exact) mass is 653 g/mol. The number of ether oxygens (including phenoxy) is 1. The number of carbonyl (C=O) groups excluding carboxylic acids is 4. The maximum atomic E-state index is 13.6. The first-order valence-electron chi connectivity index (χ1n) is 15.2. The molecular formula is C32H40ClN7O6. The minimum atomic E-state index is -1.42. The molecule has 0 spiro atoms. The number of halogens is 1. The van der Waals surface area contributed by atoms with Crippen LogP contribution >= 0.6 is 11.6 Å². The third-order valence-electron chi connectivity index (χ3n) is 7.31. The molecule has 246 valence electrons. The van der Waals surface area contributed by atoms with E-state index in [-0.39, 0.29) is 43.2 Å². The molecule has 0 aliphatic carbocycles. The lowest BCUT2D eigenvalue weighted by atomic mass is 10.0. The zero-order valence-electron chi connectivity index (χ0n) is 26.0. The van der Waals surface area contributed by atoms with Crippen LogP contribution in [-0.2, 0) is 33.9 Å². The summed E-state index contributed by atoms with van der Waals surface area (Å²) in [6, 6.07) is 10.2. The standard InChI is InChI=1S/C32H40ClN7O6/c1-19(2)14-25-31(44)37-28(20(3)41)32(45)36-26(15-21-8-5-4-6-9-21)30(43)34-17-23-18-40(39-38-23)12-7-13-46-27-16-22(33)10-11-24(27)29(42)35-25/h4-6,8-11,16,18-20,25-26,28,41H,7,12-15,17H2,1-3H3,(H,34,43)(H,35,42)(H,36,45)(H,37,44)/t20-,25-,26-,28+/m1/s1. The van der Waals surface area contributed by atoms with Gasteiger partial charge in [0.2, 0.25) is 17.7 Å². The molecule has 13 nitrogen and oxygen atoms in total. The van der Waals surface area contributed by atoms with Gasteiger partial charge < -0.3 is 31.1 Å². The van der Waals surface area contributed by atoms with Crippen LogP contribution in [0.3, 0.4) is 0 Å². The molecule has 1 aliphatic rings. The largest absolute Gasteiger partial charge is 0.493 e. The Morgan fingerprint density at radius 3 is 2.46 bits per heavy atom. The van der Waals surface area contributed by atoms with Crippen molar-refractivity contribution in [1.82, 2.24) is 36.3 Å². The van der Waals surface area contributed by atoms with Crippen molar-refractivity contribution in [2.75, 3.05) is 6.61 Å². The molecule has 1 aliphatic heterocycles. The summed E-state index contributed by atoms with van der Waals surface area (Å²) in [5, 5.41) is 30.0. The van der Waals surface area contributed by atoms with Crippen LogP contribution in [0.5, 0.6) is 5.75 Å². The summed E-state index contributed by atoms with van der Waals surface area (Å²) in [5.74, 6) is -2.26. The van der Waals surface area contributed by atoms with Crippen molar-refractivity contribution >= 4 is 35.2 Å². The van der Waals surface area contributed by atoms with Crippen LogP contribution in [0.2, 0.25) is 5.02 Å². The van der Waals surface area contributed by atoms with E-state index < -0.39 is 47.9 Å². The zero-order chi connectivity index (χ0) is 33.2. The molecule has 1 aromatic heterocycles. The van der Waals surface area contributed by atoms with Gasteiger partial charge in [0.25, 0.3) is 5.91 Å². The van der Waals surface area contributed by atoms with Crippen LogP contribution in [0.1, 0.15) is 55.2 Å². The second-order valence-corrected chi connectivity index (χ2v) is 12.1. The van der Waals surface area contributed by atoms with Crippen LogP contribution in [0.15, 0.2) is 54.7 Å². The van der Waals surface area contributed by atoms with Crippen molar-refractivity contribution in [1.29, 1.82) is 0 Å². The van der Waals surface area contributed by atoms with Gasteiger partial charge in [-0.2, -0.15) is 0 Å². The quantitative estimate of drug-likeness (QED) is 0.277. The Hall–Kier alpha value is -4.49. The maximum absolute atomic E-state index is 13.6. The summed E-state index contributed by atoms with van der Waals surface area (Å²) in [6.45, 7) is 5.87. The van der Waals surface area contributed by atoms with Gasteiger partial charge in [-0.3, -0.25) is 23.9 Å². The third-order valence-corrected chi connectivity index (χ3v) is 7.55. The van der Waals surface area contributed by atoms with E-state index >= 15 is 0 Å². The van der Waals surface area contributed by atoms with Crippen LogP contribution in [0, 0.1) is 5.92 Å². The van der Waals surface area contributed by atoms with Gasteiger partial charge in [0, 0.05) is 24.4 Å². The molecule has 14 heteroatoms. The molecule has 4 rings (SSSR count). The van der Waals surface area contributed by atoms with Crippen LogP contribution < -0.4 is 26.0 Å². The van der Waals surface area contributed by atoms with E-state index in [2.05, 4.69) is 31.6 Å². The summed E-state index contributed by atoms with van der Waals surface area (Å²) in [4.78, 5) is 54.0. The third kappa shape index (κ3) is 9.75. The van der Waals surface area contributed by atoms with E-state index in [1.165, 1.54) is 19.1 Å². The van der Waals surface area contributed by atoms with E-state index in [1.807, 2.05) is 44.2 Å². The second kappa shape index (κ2) is 16.2. The highest BCUT2D eigenvalue weighted by Crippen LogP contribution is 2.24. The van der Waals surface area contributed by atoms with Crippen molar-refractivity contribution < 1.29 is 29.0 Å². The smallest absolute Gasteiger partial charge is 0.255 e. The van der Waals surface area contributed by atoms with Gasteiger partial charge in [-0.15, -0.1) is 5.10 Å². The molecule has 2 bridgehead atoms. The number of hydrogen-bond donors (Lipinski definition) is 5. The number of amides is 4. The van der Waals surface area contributed by atoms with Gasteiger partial charge in [0.05, 0.1) is 31.0 Å². The molecule has 3 aromatic rings. The SMILES string of the molecule is CC(C)C[C@H]1NC(=O)c2ccc(Cl)cc2OCCCn2cc(nn2)CNC(=O)[C@@H](Cc2ccccc2)NC(=O)[C@H]([C@@H](C)O)NC1=O. The molecule has 4 amide bonds. The zero-order valence-corrected chi connectivity index (χ0v) is 26.8. The first-order chi connectivity index (χ1) is 22.0. The first-order valence-corrected chi connectivity index (χ1v) is 15.6. The van der Waals surface area contributed by atoms with E-state index in [9.17, 15) is 24.3 Å². The number of aliphatic hydroxyl groups excluding tert-OH is 1. The summed E-state index contributed by atoms with van der Waals surface area (Å²) in [6.07, 6.45) is 1.29. The van der Waals surface area contributed by atoms with Gasteiger partial charge in [-0.1, -0.05) is 61.0 Å². The lowest BCUT2D eigenvalue weighted by molar-refractivity contribution is -0.135. The molecular weight excluding hydrogens is 614 g/mol. The van der Waals surface area contributed by atoms with Crippen molar-refractivity contribution in [3.05, 3.63) is 76.6 Å². The fourth-order valence-electron chi connectivity index (χ4n) is 4.96. The Kier molecular flexibility index (Phi) is 12.1. The Bertz CT molecular complexity index is 1510. The molecule has 2 heterocycles. The lowest BCUT2D eigenvalue weighted by Crippen LogP contribution is -2.60. The molecule has 0 fully saturated rings. The van der Waals surface area contributed by atoms with E-state index in [1.54, 1.807) is 16.9 Å². The number of rotatable bonds is 5. The number of aromatic nitrogens is 3. The Morgan fingerprint density at radius 2 is 1.74 bits per heavy atom. The highest BCUT2D eigenvalue weighted by Gasteiger charge is 2.33. The van der Waals surface area contributed by atoms with Crippen molar-refractivity contribution in [2.45, 2.75) is 77.4 Å². The predicted octanol–water partition coefficient (Wildman–Crippen LogP) is 1.77. The van der Waals surface area contributed by atoms with E-state index in [0.29, 0.717) is 23.7 Å². The van der Waals surface area contributed by atoms with E-state index in [4.69, 9.17) is 16.3 Å². The number of aryl methyl sites for hydroxylation is 1. The molecule has 0 saturated heterocycles. The Labute approximate surface area is 272 Å². The highest BCUT2D eigenvalue weighted by atomic mass is 35.5. The highest BCUT2D eigenvalue weighted by molar-refractivity contribution is 6.30. The van der Waals surface area contributed by atoms with E-state index in [0.717, 1.165) is 5.56 Å². The number of benzene rings is 2. The van der Waals surface area contributed by atoms with Gasteiger partial charge in [-0.25, -0.2) is 0 Å². The molecule has 0 radical (unpaired) electrons. The number of aliphatic hydroxyl groups is 1. The molecule has 0 saturated carbocycles. The lowest BCUT2D eigenvalue weighted by Gasteiger charge is -2.27. The van der Waals surface area contributed by atoms with Gasteiger partial charge in [-0.05, 0) is 43.0 Å². The number of fused-ring (bicyclic) bond motifs is 3. The van der Waals surface area contributed by atoms with Gasteiger partial charge >= 0.3 is 0 Å². The molecule has 5 N–H and O–H groups in total. The fraction of sp³-hybridized carbons (Fsp3) is 0.438. The van der Waals surface area contributed by atoms with Crippen LogP contribution in [0.4, 0.5) is 0 Å². The van der Waals surface area contributed by atoms with Crippen LogP contribution in [-0.4, -0.2) is 74.6 Å². The van der Waals surface area contributed by atoms with Crippen molar-refractivity contribution in [2.24, 2.45) is 5.92 Å². The summed E-state index contributed by atoms with van der Waals surface area (Å²) >= 11 is 6.20. The second-order valence-electron chi connectivity index (χ2n) is 11.7. The average molecular weight is 654 g/mol. The first kappa shape index (κ1) is 34.4. The van der Waals surface area contributed by atoms with Crippen molar-refractivity contribution in [3.63, 3.8) is 0 Å². The average Bonchev–Trinajstić information content (AvgIpc) is 3.47. The number of nitrogens with zero attached hydrogens (tertiary/aromatic N) is 3. The molecule has 46 heavy (non-hydrogen) atoms. The minimum absolute atomic E-state index is 0.0126. The van der Waals surface area contributed by atoms with Crippen LogP contribution in [0.25, 0.3) is 0 Å². The summed E-state index contributed by atoms with van der Waals surface area (Å²) < 4.78 is 7.53. The van der Waals surface area contributed by atoms with Gasteiger partial charge in [0.15, 0.2) is 0 Å².